The molecule has 2 atom stereocenters. The fourth-order valence-corrected chi connectivity index (χ4v) is 1.87. The first-order chi connectivity index (χ1) is 7.91. The summed E-state index contributed by atoms with van der Waals surface area (Å²) >= 11 is 3.39. The molecule has 1 aromatic carbocycles. The summed E-state index contributed by atoms with van der Waals surface area (Å²) in [6.45, 7) is 4.44. The maximum atomic E-state index is 10.9. The van der Waals surface area contributed by atoms with Crippen LogP contribution < -0.4 is 0 Å². The van der Waals surface area contributed by atoms with Crippen LogP contribution in [0.5, 0.6) is 0 Å². The lowest BCUT2D eigenvalue weighted by atomic mass is 10.0. The number of halogens is 1. The van der Waals surface area contributed by atoms with Gasteiger partial charge in [0.05, 0.1) is 5.92 Å². The highest BCUT2D eigenvalue weighted by Gasteiger charge is 2.22. The average molecular weight is 300 g/mol. The SMILES string of the molecule is CC(C(=O)O)C(C)N(C)Cc1ccc(Br)cc1. The maximum Gasteiger partial charge on any atom is 0.307 e. The van der Waals surface area contributed by atoms with Crippen molar-refractivity contribution in [2.24, 2.45) is 5.92 Å². The topological polar surface area (TPSA) is 40.5 Å². The summed E-state index contributed by atoms with van der Waals surface area (Å²) in [4.78, 5) is 13.0. The van der Waals surface area contributed by atoms with Crippen molar-refractivity contribution in [1.82, 2.24) is 4.90 Å². The third-order valence-corrected chi connectivity index (χ3v) is 3.68. The van der Waals surface area contributed by atoms with E-state index in [0.717, 1.165) is 11.0 Å². The van der Waals surface area contributed by atoms with Crippen molar-refractivity contribution in [3.8, 4) is 0 Å². The second-order valence-electron chi connectivity index (χ2n) is 4.41. The van der Waals surface area contributed by atoms with Gasteiger partial charge in [-0.2, -0.15) is 0 Å². The molecule has 1 aromatic rings. The van der Waals surface area contributed by atoms with Crippen LogP contribution in [0.25, 0.3) is 0 Å². The maximum absolute atomic E-state index is 10.9. The molecule has 2 unspecified atom stereocenters. The monoisotopic (exact) mass is 299 g/mol. The number of rotatable bonds is 5. The van der Waals surface area contributed by atoms with Crippen LogP contribution in [0, 0.1) is 5.92 Å². The number of carbonyl (C=O) groups is 1. The first kappa shape index (κ1) is 14.2. The smallest absolute Gasteiger partial charge is 0.307 e. The van der Waals surface area contributed by atoms with Gasteiger partial charge in [-0.25, -0.2) is 0 Å². The minimum atomic E-state index is -0.750. The number of hydrogen-bond acceptors (Lipinski definition) is 2. The van der Waals surface area contributed by atoms with Crippen LogP contribution in [-0.2, 0) is 11.3 Å². The van der Waals surface area contributed by atoms with Gasteiger partial charge in [0.1, 0.15) is 0 Å². The molecule has 0 amide bonds. The van der Waals surface area contributed by atoms with Gasteiger partial charge in [-0.1, -0.05) is 35.0 Å². The number of aliphatic carboxylic acids is 1. The Morgan fingerprint density at radius 1 is 1.35 bits per heavy atom. The van der Waals surface area contributed by atoms with Gasteiger partial charge in [0.25, 0.3) is 0 Å². The third kappa shape index (κ3) is 4.13. The van der Waals surface area contributed by atoms with Gasteiger partial charge in [0.2, 0.25) is 0 Å². The summed E-state index contributed by atoms with van der Waals surface area (Å²) in [5.41, 5.74) is 1.18. The molecule has 0 aromatic heterocycles. The van der Waals surface area contributed by atoms with Gasteiger partial charge >= 0.3 is 5.97 Å². The van der Waals surface area contributed by atoms with E-state index in [1.807, 2.05) is 38.2 Å². The third-order valence-electron chi connectivity index (χ3n) is 3.15. The summed E-state index contributed by atoms with van der Waals surface area (Å²) in [6.07, 6.45) is 0. The molecule has 94 valence electrons. The number of hydrogen-bond donors (Lipinski definition) is 1. The minimum Gasteiger partial charge on any atom is -0.481 e. The van der Waals surface area contributed by atoms with Crippen LogP contribution in [0.4, 0.5) is 0 Å². The second kappa shape index (κ2) is 6.17. The molecular formula is C13H18BrNO2. The van der Waals surface area contributed by atoms with E-state index in [0.29, 0.717) is 0 Å². The van der Waals surface area contributed by atoms with Gasteiger partial charge in [-0.15, -0.1) is 0 Å². The van der Waals surface area contributed by atoms with E-state index in [4.69, 9.17) is 5.11 Å². The van der Waals surface area contributed by atoms with Gasteiger partial charge in [0, 0.05) is 17.1 Å². The molecule has 3 nitrogen and oxygen atoms in total. The van der Waals surface area contributed by atoms with Crippen molar-refractivity contribution in [1.29, 1.82) is 0 Å². The molecular weight excluding hydrogens is 282 g/mol. The molecule has 0 saturated heterocycles. The van der Waals surface area contributed by atoms with E-state index in [2.05, 4.69) is 20.8 Å². The van der Waals surface area contributed by atoms with Gasteiger partial charge < -0.3 is 5.11 Å². The average Bonchev–Trinajstić information content (AvgIpc) is 2.30. The summed E-state index contributed by atoms with van der Waals surface area (Å²) in [7, 11) is 1.95. The Labute approximate surface area is 111 Å². The Hall–Kier alpha value is -0.870. The Bertz CT molecular complexity index is 378. The molecule has 1 N–H and O–H groups in total. The van der Waals surface area contributed by atoms with Crippen LogP contribution in [0.15, 0.2) is 28.7 Å². The largest absolute Gasteiger partial charge is 0.481 e. The highest BCUT2D eigenvalue weighted by molar-refractivity contribution is 9.10. The fourth-order valence-electron chi connectivity index (χ4n) is 1.61. The van der Waals surface area contributed by atoms with Gasteiger partial charge in [0.15, 0.2) is 0 Å². The Morgan fingerprint density at radius 2 is 1.88 bits per heavy atom. The van der Waals surface area contributed by atoms with Crippen molar-refractivity contribution in [2.75, 3.05) is 7.05 Å². The lowest BCUT2D eigenvalue weighted by Crippen LogP contribution is -2.37. The second-order valence-corrected chi connectivity index (χ2v) is 5.32. The number of nitrogens with zero attached hydrogens (tertiary/aromatic N) is 1. The molecule has 0 saturated carbocycles. The highest BCUT2D eigenvalue weighted by atomic mass is 79.9. The summed E-state index contributed by atoms with van der Waals surface area (Å²) in [5, 5.41) is 8.97. The van der Waals surface area contributed by atoms with Crippen molar-refractivity contribution < 1.29 is 9.90 Å². The zero-order valence-corrected chi connectivity index (χ0v) is 11.9. The van der Waals surface area contributed by atoms with Crippen LogP contribution in [0.3, 0.4) is 0 Å². The summed E-state index contributed by atoms with van der Waals surface area (Å²) in [6, 6.07) is 8.08. The summed E-state index contributed by atoms with van der Waals surface area (Å²) in [5.74, 6) is -1.12. The predicted molar refractivity (Wildman–Crippen MR) is 71.9 cm³/mol. The normalized spacial score (nSPS) is 14.6. The highest BCUT2D eigenvalue weighted by Crippen LogP contribution is 2.15. The van der Waals surface area contributed by atoms with Crippen molar-refractivity contribution in [2.45, 2.75) is 26.4 Å². The quantitative estimate of drug-likeness (QED) is 0.909. The number of carboxylic acid groups (broad SMARTS) is 1. The predicted octanol–water partition coefficient (Wildman–Crippen LogP) is 2.99. The van der Waals surface area contributed by atoms with Crippen LogP contribution in [-0.4, -0.2) is 29.1 Å². The molecule has 17 heavy (non-hydrogen) atoms. The molecule has 4 heteroatoms. The van der Waals surface area contributed by atoms with E-state index in [1.165, 1.54) is 5.56 Å². The summed E-state index contributed by atoms with van der Waals surface area (Å²) < 4.78 is 1.05. The Kier molecular flexibility index (Phi) is 5.15. The molecule has 1 rings (SSSR count). The molecule has 0 aliphatic heterocycles. The van der Waals surface area contributed by atoms with Crippen molar-refractivity contribution >= 4 is 21.9 Å². The molecule has 0 radical (unpaired) electrons. The minimum absolute atomic E-state index is 0.0103. The standard InChI is InChI=1S/C13H18BrNO2/c1-9(13(16)17)10(2)15(3)8-11-4-6-12(14)7-5-11/h4-7,9-10H,8H2,1-3H3,(H,16,17). The molecule has 0 aliphatic rings. The molecule has 0 fully saturated rings. The van der Waals surface area contributed by atoms with Crippen LogP contribution in [0.1, 0.15) is 19.4 Å². The van der Waals surface area contributed by atoms with E-state index in [9.17, 15) is 4.79 Å². The Balaban J connectivity index is 2.62. The lowest BCUT2D eigenvalue weighted by molar-refractivity contribution is -0.143. The molecule has 0 bridgehead atoms. The fraction of sp³-hybridized carbons (Fsp3) is 0.462. The first-order valence-electron chi connectivity index (χ1n) is 5.59. The lowest BCUT2D eigenvalue weighted by Gasteiger charge is -2.27. The molecule has 0 aliphatic carbocycles. The van der Waals surface area contributed by atoms with Crippen LogP contribution in [0.2, 0.25) is 0 Å². The van der Waals surface area contributed by atoms with E-state index in [-0.39, 0.29) is 12.0 Å². The van der Waals surface area contributed by atoms with Gasteiger partial charge in [-0.3, -0.25) is 9.69 Å². The van der Waals surface area contributed by atoms with Crippen LogP contribution >= 0.6 is 15.9 Å². The van der Waals surface area contributed by atoms with Crippen molar-refractivity contribution in [3.05, 3.63) is 34.3 Å². The molecule has 0 heterocycles. The van der Waals surface area contributed by atoms with Crippen molar-refractivity contribution in [3.63, 3.8) is 0 Å². The number of carboxylic acids is 1. The number of benzene rings is 1. The van der Waals surface area contributed by atoms with E-state index < -0.39 is 5.97 Å². The van der Waals surface area contributed by atoms with E-state index >= 15 is 0 Å². The first-order valence-corrected chi connectivity index (χ1v) is 6.38. The zero-order valence-electron chi connectivity index (χ0n) is 10.4. The van der Waals surface area contributed by atoms with Gasteiger partial charge in [-0.05, 0) is 31.7 Å². The molecule has 0 spiro atoms. The Morgan fingerprint density at radius 3 is 2.35 bits per heavy atom. The van der Waals surface area contributed by atoms with E-state index in [1.54, 1.807) is 6.92 Å². The zero-order chi connectivity index (χ0) is 13.0.